The number of hydrogen-bond acceptors (Lipinski definition) is 2. The van der Waals surface area contributed by atoms with Gasteiger partial charge in [-0.15, -0.1) is 0 Å². The predicted octanol–water partition coefficient (Wildman–Crippen LogP) is 0.575. The van der Waals surface area contributed by atoms with Gasteiger partial charge in [0.1, 0.15) is 0 Å². The number of carboxylic acid groups (broad SMARTS) is 1. The summed E-state index contributed by atoms with van der Waals surface area (Å²) in [4.78, 5) is 23.4. The maximum absolute atomic E-state index is 11.0. The summed E-state index contributed by atoms with van der Waals surface area (Å²) in [5, 5.41) is 8.87. The number of amides is 1. The third-order valence-electron chi connectivity index (χ3n) is 2.72. The van der Waals surface area contributed by atoms with Crippen LogP contribution in [-0.4, -0.2) is 35.0 Å². The van der Waals surface area contributed by atoms with Crippen molar-refractivity contribution in [3.63, 3.8) is 0 Å². The van der Waals surface area contributed by atoms with E-state index in [2.05, 4.69) is 0 Å². The summed E-state index contributed by atoms with van der Waals surface area (Å²) in [5.74, 6) is -1.04. The quantitative estimate of drug-likeness (QED) is 0.650. The maximum Gasteiger partial charge on any atom is 0.308 e. The third-order valence-corrected chi connectivity index (χ3v) is 2.72. The van der Waals surface area contributed by atoms with Crippen molar-refractivity contribution in [1.82, 2.24) is 4.90 Å². The Hall–Kier alpha value is -1.06. The molecule has 4 nitrogen and oxygen atoms in total. The highest BCUT2D eigenvalue weighted by Crippen LogP contribution is 2.23. The van der Waals surface area contributed by atoms with E-state index in [1.807, 2.05) is 6.92 Å². The van der Waals surface area contributed by atoms with Gasteiger partial charge < -0.3 is 10.0 Å². The van der Waals surface area contributed by atoms with E-state index in [4.69, 9.17) is 5.11 Å². The average molecular weight is 185 g/mol. The van der Waals surface area contributed by atoms with Gasteiger partial charge in [0.25, 0.3) is 0 Å². The normalized spacial score (nSPS) is 28.6. The highest BCUT2D eigenvalue weighted by Gasteiger charge is 2.32. The Morgan fingerprint density at radius 3 is 2.54 bits per heavy atom. The van der Waals surface area contributed by atoms with Gasteiger partial charge in [0.15, 0.2) is 0 Å². The molecule has 0 bridgehead atoms. The molecule has 0 radical (unpaired) electrons. The van der Waals surface area contributed by atoms with Crippen LogP contribution in [0.4, 0.5) is 0 Å². The Morgan fingerprint density at radius 2 is 2.08 bits per heavy atom. The van der Waals surface area contributed by atoms with E-state index in [0.29, 0.717) is 13.1 Å². The van der Waals surface area contributed by atoms with E-state index in [9.17, 15) is 9.59 Å². The zero-order chi connectivity index (χ0) is 10.0. The van der Waals surface area contributed by atoms with Gasteiger partial charge in [-0.25, -0.2) is 0 Å². The smallest absolute Gasteiger partial charge is 0.308 e. The molecule has 1 saturated heterocycles. The van der Waals surface area contributed by atoms with Crippen LogP contribution in [-0.2, 0) is 9.59 Å². The van der Waals surface area contributed by atoms with E-state index in [1.165, 1.54) is 6.92 Å². The van der Waals surface area contributed by atoms with Crippen LogP contribution in [0.25, 0.3) is 0 Å². The van der Waals surface area contributed by atoms with Gasteiger partial charge >= 0.3 is 5.97 Å². The predicted molar refractivity (Wildman–Crippen MR) is 47.2 cm³/mol. The van der Waals surface area contributed by atoms with E-state index < -0.39 is 11.9 Å². The van der Waals surface area contributed by atoms with Crippen molar-refractivity contribution in [3.05, 3.63) is 0 Å². The van der Waals surface area contributed by atoms with Crippen LogP contribution in [0.2, 0.25) is 0 Å². The Labute approximate surface area is 77.5 Å². The van der Waals surface area contributed by atoms with E-state index in [0.717, 1.165) is 6.42 Å². The first-order valence-corrected chi connectivity index (χ1v) is 4.50. The molecule has 0 aromatic rings. The number of piperidine rings is 1. The number of rotatable bonds is 1. The second-order valence-electron chi connectivity index (χ2n) is 3.68. The summed E-state index contributed by atoms with van der Waals surface area (Å²) < 4.78 is 0. The number of nitrogens with zero attached hydrogens (tertiary/aromatic N) is 1. The van der Waals surface area contributed by atoms with Crippen molar-refractivity contribution < 1.29 is 14.7 Å². The number of aliphatic carboxylic acids is 1. The molecule has 0 aromatic heterocycles. The van der Waals surface area contributed by atoms with Crippen molar-refractivity contribution in [2.24, 2.45) is 11.8 Å². The Balaban J connectivity index is 2.63. The zero-order valence-corrected chi connectivity index (χ0v) is 7.99. The molecule has 0 saturated carbocycles. The van der Waals surface area contributed by atoms with Gasteiger partial charge in [-0.2, -0.15) is 0 Å². The van der Waals surface area contributed by atoms with Crippen LogP contribution >= 0.6 is 0 Å². The Kier molecular flexibility index (Phi) is 2.90. The van der Waals surface area contributed by atoms with Crippen LogP contribution in [0.5, 0.6) is 0 Å². The van der Waals surface area contributed by atoms with Crippen molar-refractivity contribution in [1.29, 1.82) is 0 Å². The standard InChI is InChI=1S/C9H15NO3/c1-6-3-4-10(7(2)11)5-8(6)9(12)13/h6,8H,3-5H2,1-2H3,(H,12,13)/t6-,8+/m1/s1. The molecule has 0 spiro atoms. The molecule has 1 aliphatic heterocycles. The fraction of sp³-hybridized carbons (Fsp3) is 0.778. The van der Waals surface area contributed by atoms with Gasteiger partial charge in [0, 0.05) is 20.0 Å². The number of likely N-dealkylation sites (tertiary alicyclic amines) is 1. The number of carboxylic acids is 1. The first kappa shape index (κ1) is 10.0. The molecule has 1 N–H and O–H groups in total. The molecule has 1 rings (SSSR count). The topological polar surface area (TPSA) is 57.6 Å². The minimum atomic E-state index is -0.793. The van der Waals surface area contributed by atoms with Gasteiger partial charge in [-0.3, -0.25) is 9.59 Å². The van der Waals surface area contributed by atoms with E-state index in [1.54, 1.807) is 4.90 Å². The summed E-state index contributed by atoms with van der Waals surface area (Å²) in [6.45, 7) is 4.47. The van der Waals surface area contributed by atoms with Gasteiger partial charge in [-0.1, -0.05) is 6.92 Å². The van der Waals surface area contributed by atoms with Crippen molar-refractivity contribution >= 4 is 11.9 Å². The monoisotopic (exact) mass is 185 g/mol. The molecule has 0 aliphatic carbocycles. The molecule has 1 heterocycles. The first-order valence-electron chi connectivity index (χ1n) is 4.50. The first-order chi connectivity index (χ1) is 6.02. The minimum absolute atomic E-state index is 0.0295. The zero-order valence-electron chi connectivity index (χ0n) is 7.99. The highest BCUT2D eigenvalue weighted by molar-refractivity contribution is 5.76. The molecular formula is C9H15NO3. The summed E-state index contributed by atoms with van der Waals surface area (Å²) in [6, 6.07) is 0. The average Bonchev–Trinajstić information content (AvgIpc) is 2.04. The van der Waals surface area contributed by atoms with Crippen LogP contribution in [0.3, 0.4) is 0 Å². The number of hydrogen-bond donors (Lipinski definition) is 1. The lowest BCUT2D eigenvalue weighted by Crippen LogP contribution is -2.44. The fourth-order valence-corrected chi connectivity index (χ4v) is 1.68. The number of carbonyl (C=O) groups is 2. The molecule has 1 fully saturated rings. The van der Waals surface area contributed by atoms with Gasteiger partial charge in [0.05, 0.1) is 5.92 Å². The second-order valence-corrected chi connectivity index (χ2v) is 3.68. The van der Waals surface area contributed by atoms with Crippen molar-refractivity contribution in [3.8, 4) is 0 Å². The fourth-order valence-electron chi connectivity index (χ4n) is 1.68. The van der Waals surface area contributed by atoms with E-state index in [-0.39, 0.29) is 11.8 Å². The van der Waals surface area contributed by atoms with Crippen molar-refractivity contribution in [2.45, 2.75) is 20.3 Å². The SMILES string of the molecule is CC(=O)N1CC[C@@H](C)[C@@H](C(=O)O)C1. The van der Waals surface area contributed by atoms with E-state index >= 15 is 0 Å². The van der Waals surface area contributed by atoms with Crippen LogP contribution in [0, 0.1) is 11.8 Å². The highest BCUT2D eigenvalue weighted by atomic mass is 16.4. The van der Waals surface area contributed by atoms with Crippen LogP contribution in [0.1, 0.15) is 20.3 Å². The molecule has 0 aromatic carbocycles. The van der Waals surface area contributed by atoms with Gasteiger partial charge in [0.2, 0.25) is 5.91 Å². The Bertz CT molecular complexity index is 227. The Morgan fingerprint density at radius 1 is 1.46 bits per heavy atom. The van der Waals surface area contributed by atoms with Gasteiger partial charge in [-0.05, 0) is 12.3 Å². The summed E-state index contributed by atoms with van der Waals surface area (Å²) in [5.41, 5.74) is 0. The summed E-state index contributed by atoms with van der Waals surface area (Å²) in [7, 11) is 0. The molecule has 1 amide bonds. The molecule has 2 atom stereocenters. The summed E-state index contributed by atoms with van der Waals surface area (Å²) >= 11 is 0. The largest absolute Gasteiger partial charge is 0.481 e. The molecular weight excluding hydrogens is 170 g/mol. The minimum Gasteiger partial charge on any atom is -0.481 e. The lowest BCUT2D eigenvalue weighted by molar-refractivity contribution is -0.147. The van der Waals surface area contributed by atoms with Crippen LogP contribution in [0.15, 0.2) is 0 Å². The second kappa shape index (κ2) is 3.77. The number of carbonyl (C=O) groups excluding carboxylic acids is 1. The van der Waals surface area contributed by atoms with Crippen LogP contribution < -0.4 is 0 Å². The molecule has 4 heteroatoms. The molecule has 13 heavy (non-hydrogen) atoms. The lowest BCUT2D eigenvalue weighted by atomic mass is 9.87. The molecule has 0 unspecified atom stereocenters. The third kappa shape index (κ3) is 2.20. The van der Waals surface area contributed by atoms with Crippen molar-refractivity contribution in [2.75, 3.05) is 13.1 Å². The molecule has 74 valence electrons. The maximum atomic E-state index is 11.0. The summed E-state index contributed by atoms with van der Waals surface area (Å²) in [6.07, 6.45) is 0.788. The molecule has 1 aliphatic rings. The lowest BCUT2D eigenvalue weighted by Gasteiger charge is -2.34.